The van der Waals surface area contributed by atoms with Crippen LogP contribution >= 0.6 is 0 Å². The normalized spacial score (nSPS) is 22.9. The molecule has 6 nitrogen and oxygen atoms in total. The average Bonchev–Trinajstić information content (AvgIpc) is 3.02. The van der Waals surface area contributed by atoms with Crippen LogP contribution in [0.3, 0.4) is 0 Å². The van der Waals surface area contributed by atoms with Crippen LogP contribution in [-0.4, -0.2) is 44.2 Å². The van der Waals surface area contributed by atoms with E-state index in [2.05, 4.69) is 10.6 Å². The summed E-state index contributed by atoms with van der Waals surface area (Å²) in [6.07, 6.45) is 1.52. The zero-order valence-electron chi connectivity index (χ0n) is 13.4. The van der Waals surface area contributed by atoms with Crippen molar-refractivity contribution < 1.29 is 14.3 Å². The van der Waals surface area contributed by atoms with E-state index in [1.54, 1.807) is 0 Å². The molecule has 2 fully saturated rings. The molecule has 0 aliphatic carbocycles. The standard InChI is InChI=1S/C17H23N3O3/c1-12(19-17(22)15-11-23-9-7-18-15)13-4-2-5-14(10-13)20-8-3-6-16(20)21/h2,4-5,10,12,15,18H,3,6-9,11H2,1H3,(H,19,22). The van der Waals surface area contributed by atoms with Crippen LogP contribution in [0.2, 0.25) is 0 Å². The van der Waals surface area contributed by atoms with E-state index in [-0.39, 0.29) is 23.9 Å². The van der Waals surface area contributed by atoms with Gasteiger partial charge in [-0.05, 0) is 31.0 Å². The molecule has 1 aromatic carbocycles. The Morgan fingerprint density at radius 1 is 1.48 bits per heavy atom. The molecule has 0 bridgehead atoms. The highest BCUT2D eigenvalue weighted by Gasteiger charge is 2.24. The van der Waals surface area contributed by atoms with Crippen molar-refractivity contribution in [2.75, 3.05) is 31.2 Å². The first kappa shape index (κ1) is 16.0. The molecule has 124 valence electrons. The second-order valence-corrected chi connectivity index (χ2v) is 6.06. The van der Waals surface area contributed by atoms with Gasteiger partial charge >= 0.3 is 0 Å². The lowest BCUT2D eigenvalue weighted by molar-refractivity contribution is -0.126. The van der Waals surface area contributed by atoms with Gasteiger partial charge in [0.1, 0.15) is 6.04 Å². The van der Waals surface area contributed by atoms with E-state index in [1.165, 1.54) is 0 Å². The highest BCUT2D eigenvalue weighted by molar-refractivity contribution is 5.95. The number of amides is 2. The second kappa shape index (κ2) is 7.10. The average molecular weight is 317 g/mol. The number of hydrogen-bond acceptors (Lipinski definition) is 4. The smallest absolute Gasteiger partial charge is 0.240 e. The van der Waals surface area contributed by atoms with E-state index in [4.69, 9.17) is 4.74 Å². The Hall–Kier alpha value is -1.92. The molecule has 2 aliphatic rings. The molecule has 0 spiro atoms. The monoisotopic (exact) mass is 317 g/mol. The summed E-state index contributed by atoms with van der Waals surface area (Å²) in [7, 11) is 0. The summed E-state index contributed by atoms with van der Waals surface area (Å²) < 4.78 is 5.32. The first-order valence-electron chi connectivity index (χ1n) is 8.17. The van der Waals surface area contributed by atoms with Gasteiger partial charge in [0.2, 0.25) is 11.8 Å². The number of nitrogens with zero attached hydrogens (tertiary/aromatic N) is 1. The van der Waals surface area contributed by atoms with Crippen molar-refractivity contribution >= 4 is 17.5 Å². The van der Waals surface area contributed by atoms with Crippen molar-refractivity contribution in [3.05, 3.63) is 29.8 Å². The van der Waals surface area contributed by atoms with E-state index in [1.807, 2.05) is 36.1 Å². The van der Waals surface area contributed by atoms with Crippen LogP contribution in [-0.2, 0) is 14.3 Å². The van der Waals surface area contributed by atoms with Crippen molar-refractivity contribution in [2.45, 2.75) is 31.8 Å². The lowest BCUT2D eigenvalue weighted by Crippen LogP contribution is -2.51. The van der Waals surface area contributed by atoms with Crippen LogP contribution in [0.15, 0.2) is 24.3 Å². The number of anilines is 1. The van der Waals surface area contributed by atoms with Gasteiger partial charge in [0.15, 0.2) is 0 Å². The minimum absolute atomic E-state index is 0.0557. The molecule has 2 aliphatic heterocycles. The third-order valence-corrected chi connectivity index (χ3v) is 4.35. The largest absolute Gasteiger partial charge is 0.378 e. The van der Waals surface area contributed by atoms with Gasteiger partial charge in [0.25, 0.3) is 0 Å². The molecule has 23 heavy (non-hydrogen) atoms. The maximum Gasteiger partial charge on any atom is 0.240 e. The Bertz CT molecular complexity index is 584. The molecule has 2 saturated heterocycles. The highest BCUT2D eigenvalue weighted by atomic mass is 16.5. The number of ether oxygens (including phenoxy) is 1. The van der Waals surface area contributed by atoms with Gasteiger partial charge in [0.05, 0.1) is 19.3 Å². The van der Waals surface area contributed by atoms with Gasteiger partial charge in [-0.15, -0.1) is 0 Å². The molecule has 2 N–H and O–H groups in total. The van der Waals surface area contributed by atoms with E-state index < -0.39 is 0 Å². The molecule has 6 heteroatoms. The highest BCUT2D eigenvalue weighted by Crippen LogP contribution is 2.24. The Morgan fingerprint density at radius 3 is 3.04 bits per heavy atom. The van der Waals surface area contributed by atoms with E-state index in [0.717, 1.165) is 24.2 Å². The first-order valence-corrected chi connectivity index (χ1v) is 8.17. The third kappa shape index (κ3) is 3.71. The van der Waals surface area contributed by atoms with Gasteiger partial charge in [-0.1, -0.05) is 12.1 Å². The minimum atomic E-state index is -0.297. The molecular formula is C17H23N3O3. The van der Waals surface area contributed by atoms with Crippen LogP contribution in [0.4, 0.5) is 5.69 Å². The molecule has 0 aromatic heterocycles. The van der Waals surface area contributed by atoms with Crippen LogP contribution < -0.4 is 15.5 Å². The number of rotatable bonds is 4. The minimum Gasteiger partial charge on any atom is -0.378 e. The van der Waals surface area contributed by atoms with Gasteiger partial charge in [0, 0.05) is 25.2 Å². The van der Waals surface area contributed by atoms with Gasteiger partial charge in [-0.3, -0.25) is 9.59 Å². The molecule has 2 amide bonds. The maximum absolute atomic E-state index is 12.3. The van der Waals surface area contributed by atoms with Crippen LogP contribution in [0.25, 0.3) is 0 Å². The molecular weight excluding hydrogens is 294 g/mol. The van der Waals surface area contributed by atoms with Crippen molar-refractivity contribution in [3.8, 4) is 0 Å². The van der Waals surface area contributed by atoms with Crippen LogP contribution in [0.5, 0.6) is 0 Å². The molecule has 0 radical (unpaired) electrons. The van der Waals surface area contributed by atoms with Crippen LogP contribution in [0.1, 0.15) is 31.4 Å². The summed E-state index contributed by atoms with van der Waals surface area (Å²) in [5.74, 6) is 0.113. The number of carbonyl (C=O) groups excluding carboxylic acids is 2. The lowest BCUT2D eigenvalue weighted by Gasteiger charge is -2.25. The molecule has 2 heterocycles. The predicted octanol–water partition coefficient (Wildman–Crippen LogP) is 0.979. The fourth-order valence-corrected chi connectivity index (χ4v) is 3.01. The quantitative estimate of drug-likeness (QED) is 0.868. The first-order chi connectivity index (χ1) is 11.1. The van der Waals surface area contributed by atoms with E-state index in [9.17, 15) is 9.59 Å². The Balaban J connectivity index is 1.66. The number of morpholine rings is 1. The van der Waals surface area contributed by atoms with Gasteiger partial charge in [-0.2, -0.15) is 0 Å². The second-order valence-electron chi connectivity index (χ2n) is 6.06. The molecule has 1 aromatic rings. The molecule has 2 atom stereocenters. The zero-order valence-corrected chi connectivity index (χ0v) is 13.4. The fourth-order valence-electron chi connectivity index (χ4n) is 3.01. The van der Waals surface area contributed by atoms with Crippen molar-refractivity contribution in [3.63, 3.8) is 0 Å². The summed E-state index contributed by atoms with van der Waals surface area (Å²) in [5, 5.41) is 6.16. The summed E-state index contributed by atoms with van der Waals surface area (Å²) in [6, 6.07) is 7.41. The molecule has 3 rings (SSSR count). The maximum atomic E-state index is 12.3. The van der Waals surface area contributed by atoms with Crippen molar-refractivity contribution in [2.24, 2.45) is 0 Å². The van der Waals surface area contributed by atoms with Crippen molar-refractivity contribution in [1.29, 1.82) is 0 Å². The zero-order chi connectivity index (χ0) is 16.2. The SMILES string of the molecule is CC(NC(=O)C1COCCN1)c1cccc(N2CCCC2=O)c1. The Morgan fingerprint density at radius 2 is 2.35 bits per heavy atom. The Kier molecular flexibility index (Phi) is 4.93. The van der Waals surface area contributed by atoms with Crippen LogP contribution in [0, 0.1) is 0 Å². The lowest BCUT2D eigenvalue weighted by atomic mass is 10.1. The fraction of sp³-hybridized carbons (Fsp3) is 0.529. The molecule has 0 saturated carbocycles. The van der Waals surface area contributed by atoms with Gasteiger partial charge in [-0.25, -0.2) is 0 Å². The predicted molar refractivity (Wildman–Crippen MR) is 87.2 cm³/mol. The number of carbonyl (C=O) groups is 2. The molecule has 2 unspecified atom stereocenters. The number of benzene rings is 1. The topological polar surface area (TPSA) is 70.7 Å². The Labute approximate surface area is 136 Å². The number of hydrogen-bond donors (Lipinski definition) is 2. The summed E-state index contributed by atoms with van der Waals surface area (Å²) >= 11 is 0. The van der Waals surface area contributed by atoms with E-state index in [0.29, 0.717) is 26.2 Å². The summed E-state index contributed by atoms with van der Waals surface area (Å²) in [4.78, 5) is 25.9. The van der Waals surface area contributed by atoms with Gasteiger partial charge < -0.3 is 20.3 Å². The van der Waals surface area contributed by atoms with Crippen molar-refractivity contribution in [1.82, 2.24) is 10.6 Å². The number of nitrogens with one attached hydrogen (secondary N) is 2. The summed E-state index contributed by atoms with van der Waals surface area (Å²) in [6.45, 7) is 4.46. The summed E-state index contributed by atoms with van der Waals surface area (Å²) in [5.41, 5.74) is 1.90. The third-order valence-electron chi connectivity index (χ3n) is 4.35. The van der Waals surface area contributed by atoms with E-state index >= 15 is 0 Å².